The fourth-order valence-electron chi connectivity index (χ4n) is 1.94. The van der Waals surface area contributed by atoms with Crippen LogP contribution < -0.4 is 11.1 Å². The monoisotopic (exact) mass is 270 g/mol. The summed E-state index contributed by atoms with van der Waals surface area (Å²) in [6.45, 7) is 0. The van der Waals surface area contributed by atoms with Crippen molar-refractivity contribution in [1.82, 2.24) is 9.97 Å². The molecule has 2 heterocycles. The molecule has 0 fully saturated rings. The van der Waals surface area contributed by atoms with Gasteiger partial charge in [-0.2, -0.15) is 0 Å². The number of nitrogens with two attached hydrogens (primary N) is 1. The molecule has 0 aliphatic carbocycles. The molecule has 0 unspecified atom stereocenters. The van der Waals surface area contributed by atoms with Gasteiger partial charge in [0.15, 0.2) is 5.82 Å². The number of carbonyl (C=O) groups excluding carboxylic acids is 1. The van der Waals surface area contributed by atoms with E-state index in [1.54, 1.807) is 24.3 Å². The number of hydrogen-bond acceptors (Lipinski definition) is 3. The van der Waals surface area contributed by atoms with E-state index in [4.69, 9.17) is 5.73 Å². The molecule has 100 valence electrons. The van der Waals surface area contributed by atoms with Crippen LogP contribution in [0, 0.1) is 5.82 Å². The molecule has 0 spiro atoms. The molecule has 0 bridgehead atoms. The van der Waals surface area contributed by atoms with Crippen LogP contribution in [0.5, 0.6) is 0 Å². The molecule has 3 aromatic rings. The largest absolute Gasteiger partial charge is 0.399 e. The smallest absolute Gasteiger partial charge is 0.272 e. The Balaban J connectivity index is 1.91. The standard InChI is InChI=1S/C14H11FN4O/c15-10-7-17-4-3-12(10)19-14(20)13-6-8-5-9(16)1-2-11(8)18-13/h1-7,18H,16H2,(H,17,19,20). The van der Waals surface area contributed by atoms with Crippen LogP contribution in [-0.2, 0) is 0 Å². The number of carbonyl (C=O) groups is 1. The van der Waals surface area contributed by atoms with Crippen LogP contribution in [0.1, 0.15) is 10.5 Å². The number of fused-ring (bicyclic) bond motifs is 1. The van der Waals surface area contributed by atoms with Crippen LogP contribution in [0.4, 0.5) is 15.8 Å². The maximum atomic E-state index is 13.4. The predicted molar refractivity (Wildman–Crippen MR) is 74.9 cm³/mol. The minimum atomic E-state index is -0.582. The number of rotatable bonds is 2. The van der Waals surface area contributed by atoms with Crippen molar-refractivity contribution in [3.05, 3.63) is 54.2 Å². The lowest BCUT2D eigenvalue weighted by molar-refractivity contribution is 0.102. The number of H-pyrrole nitrogens is 1. The molecule has 2 aromatic heterocycles. The lowest BCUT2D eigenvalue weighted by Gasteiger charge is -2.03. The summed E-state index contributed by atoms with van der Waals surface area (Å²) in [5.41, 5.74) is 7.51. The average Bonchev–Trinajstić information content (AvgIpc) is 2.84. The van der Waals surface area contributed by atoms with Gasteiger partial charge in [0.2, 0.25) is 0 Å². The number of nitrogen functional groups attached to an aromatic ring is 1. The van der Waals surface area contributed by atoms with Gasteiger partial charge in [-0.1, -0.05) is 0 Å². The van der Waals surface area contributed by atoms with E-state index in [1.807, 2.05) is 0 Å². The number of aromatic amines is 1. The fourth-order valence-corrected chi connectivity index (χ4v) is 1.94. The summed E-state index contributed by atoms with van der Waals surface area (Å²) in [5, 5.41) is 3.31. The van der Waals surface area contributed by atoms with Gasteiger partial charge in [-0.3, -0.25) is 9.78 Å². The van der Waals surface area contributed by atoms with E-state index < -0.39 is 11.7 Å². The van der Waals surface area contributed by atoms with Gasteiger partial charge in [-0.25, -0.2) is 4.39 Å². The van der Waals surface area contributed by atoms with Crippen LogP contribution in [0.3, 0.4) is 0 Å². The van der Waals surface area contributed by atoms with E-state index in [1.165, 1.54) is 12.3 Å². The van der Waals surface area contributed by atoms with Crippen molar-refractivity contribution in [2.45, 2.75) is 0 Å². The molecule has 0 atom stereocenters. The lowest BCUT2D eigenvalue weighted by atomic mass is 10.2. The zero-order valence-electron chi connectivity index (χ0n) is 10.4. The number of amides is 1. The molecule has 0 saturated heterocycles. The fraction of sp³-hybridized carbons (Fsp3) is 0. The van der Waals surface area contributed by atoms with E-state index in [9.17, 15) is 9.18 Å². The number of pyridine rings is 1. The van der Waals surface area contributed by atoms with Crippen LogP contribution in [0.25, 0.3) is 10.9 Å². The van der Waals surface area contributed by atoms with E-state index in [-0.39, 0.29) is 5.69 Å². The number of halogens is 1. The second-order valence-corrected chi connectivity index (χ2v) is 4.34. The zero-order valence-corrected chi connectivity index (χ0v) is 10.4. The summed E-state index contributed by atoms with van der Waals surface area (Å²) in [5.74, 6) is -1.01. The Hall–Kier alpha value is -2.89. The molecule has 0 aliphatic heterocycles. The number of anilines is 2. The summed E-state index contributed by atoms with van der Waals surface area (Å²) < 4.78 is 13.4. The van der Waals surface area contributed by atoms with E-state index in [0.717, 1.165) is 17.1 Å². The predicted octanol–water partition coefficient (Wildman–Crippen LogP) is 2.54. The van der Waals surface area contributed by atoms with Crippen LogP contribution >= 0.6 is 0 Å². The van der Waals surface area contributed by atoms with Crippen LogP contribution in [-0.4, -0.2) is 15.9 Å². The van der Waals surface area contributed by atoms with Crippen molar-refractivity contribution in [2.24, 2.45) is 0 Å². The number of nitrogens with zero attached hydrogens (tertiary/aromatic N) is 1. The van der Waals surface area contributed by atoms with Crippen molar-refractivity contribution in [1.29, 1.82) is 0 Å². The Morgan fingerprint density at radius 1 is 1.30 bits per heavy atom. The third kappa shape index (κ3) is 2.18. The minimum Gasteiger partial charge on any atom is -0.399 e. The summed E-state index contributed by atoms with van der Waals surface area (Å²) in [4.78, 5) is 18.6. The van der Waals surface area contributed by atoms with E-state index in [0.29, 0.717) is 11.4 Å². The SMILES string of the molecule is Nc1ccc2[nH]c(C(=O)Nc3ccncc3F)cc2c1. The molecule has 1 aromatic carbocycles. The highest BCUT2D eigenvalue weighted by Gasteiger charge is 2.12. The lowest BCUT2D eigenvalue weighted by Crippen LogP contribution is -2.13. The quantitative estimate of drug-likeness (QED) is 0.626. The first kappa shape index (κ1) is 12.2. The second-order valence-electron chi connectivity index (χ2n) is 4.34. The summed E-state index contributed by atoms with van der Waals surface area (Å²) in [6.07, 6.45) is 2.45. The van der Waals surface area contributed by atoms with Gasteiger partial charge in [0.1, 0.15) is 5.69 Å². The second kappa shape index (κ2) is 4.65. The van der Waals surface area contributed by atoms with Crippen molar-refractivity contribution < 1.29 is 9.18 Å². The third-order valence-electron chi connectivity index (χ3n) is 2.91. The van der Waals surface area contributed by atoms with Gasteiger partial charge in [0.25, 0.3) is 5.91 Å². The Morgan fingerprint density at radius 2 is 2.15 bits per heavy atom. The molecule has 0 saturated carbocycles. The van der Waals surface area contributed by atoms with Crippen molar-refractivity contribution in [2.75, 3.05) is 11.1 Å². The molecular formula is C14H11FN4O. The highest BCUT2D eigenvalue weighted by atomic mass is 19.1. The number of hydrogen-bond donors (Lipinski definition) is 3. The first-order valence-corrected chi connectivity index (χ1v) is 5.92. The molecule has 5 nitrogen and oxygen atoms in total. The summed E-state index contributed by atoms with van der Waals surface area (Å²) in [7, 11) is 0. The number of benzene rings is 1. The minimum absolute atomic E-state index is 0.0863. The van der Waals surface area contributed by atoms with Crippen LogP contribution in [0.2, 0.25) is 0 Å². The molecule has 0 aliphatic rings. The molecule has 1 amide bonds. The molecular weight excluding hydrogens is 259 g/mol. The van der Waals surface area contributed by atoms with Crippen LogP contribution in [0.15, 0.2) is 42.7 Å². The molecule has 0 radical (unpaired) electrons. The Kier molecular flexibility index (Phi) is 2.83. The van der Waals surface area contributed by atoms with Gasteiger partial charge >= 0.3 is 0 Å². The number of aromatic nitrogens is 2. The first-order chi connectivity index (χ1) is 9.63. The van der Waals surface area contributed by atoms with E-state index in [2.05, 4.69) is 15.3 Å². The van der Waals surface area contributed by atoms with Crippen molar-refractivity contribution in [3.63, 3.8) is 0 Å². The molecule has 6 heteroatoms. The van der Waals surface area contributed by atoms with Gasteiger partial charge in [0, 0.05) is 22.8 Å². The highest BCUT2D eigenvalue weighted by Crippen LogP contribution is 2.19. The van der Waals surface area contributed by atoms with Gasteiger partial charge < -0.3 is 16.0 Å². The van der Waals surface area contributed by atoms with Gasteiger partial charge in [0.05, 0.1) is 11.9 Å². The summed E-state index contributed by atoms with van der Waals surface area (Å²) in [6, 6.07) is 8.35. The maximum Gasteiger partial charge on any atom is 0.272 e. The normalized spacial score (nSPS) is 10.7. The zero-order chi connectivity index (χ0) is 14.1. The number of nitrogens with one attached hydrogen (secondary N) is 2. The molecule has 4 N–H and O–H groups in total. The maximum absolute atomic E-state index is 13.4. The average molecular weight is 270 g/mol. The highest BCUT2D eigenvalue weighted by molar-refractivity contribution is 6.06. The first-order valence-electron chi connectivity index (χ1n) is 5.92. The van der Waals surface area contributed by atoms with Gasteiger partial charge in [-0.05, 0) is 30.3 Å². The Morgan fingerprint density at radius 3 is 2.95 bits per heavy atom. The van der Waals surface area contributed by atoms with E-state index >= 15 is 0 Å². The Bertz CT molecular complexity index is 797. The molecule has 20 heavy (non-hydrogen) atoms. The topological polar surface area (TPSA) is 83.8 Å². The molecule has 3 rings (SSSR count). The third-order valence-corrected chi connectivity index (χ3v) is 2.91. The van der Waals surface area contributed by atoms with Gasteiger partial charge in [-0.15, -0.1) is 0 Å². The van der Waals surface area contributed by atoms with Crippen molar-refractivity contribution >= 4 is 28.2 Å². The van der Waals surface area contributed by atoms with Crippen molar-refractivity contribution in [3.8, 4) is 0 Å². The summed E-state index contributed by atoms with van der Waals surface area (Å²) >= 11 is 0. The Labute approximate surface area is 113 Å².